The molecule has 104 valence electrons. The van der Waals surface area contributed by atoms with Gasteiger partial charge in [0, 0.05) is 11.8 Å². The van der Waals surface area contributed by atoms with Crippen molar-refractivity contribution in [2.24, 2.45) is 0 Å². The van der Waals surface area contributed by atoms with Gasteiger partial charge in [-0.1, -0.05) is 13.0 Å². The molecule has 0 atom stereocenters. The summed E-state index contributed by atoms with van der Waals surface area (Å²) in [6, 6.07) is 3.12. The highest BCUT2D eigenvalue weighted by Gasteiger charge is 2.19. The zero-order valence-corrected chi connectivity index (χ0v) is 13.0. The number of benzene rings is 1. The van der Waals surface area contributed by atoms with Crippen LogP contribution in [0, 0.1) is 0 Å². The molecule has 0 aromatic heterocycles. The number of rotatable bonds is 4. The molecular weight excluding hydrogens is 284 g/mol. The molecule has 0 heterocycles. The molecule has 0 radical (unpaired) electrons. The lowest BCUT2D eigenvalue weighted by Crippen LogP contribution is -2.07. The molecule has 0 aliphatic rings. The fourth-order valence-electron chi connectivity index (χ4n) is 1.87. The van der Waals surface area contributed by atoms with E-state index in [1.807, 2.05) is 26.8 Å². The molecule has 1 rings (SSSR count). The highest BCUT2D eigenvalue weighted by atomic mass is 35.5. The summed E-state index contributed by atoms with van der Waals surface area (Å²) in [5, 5.41) is -0.633. The summed E-state index contributed by atoms with van der Waals surface area (Å²) in [7, 11) is -3.42. The van der Waals surface area contributed by atoms with Gasteiger partial charge in [-0.2, -0.15) is 0 Å². The van der Waals surface area contributed by atoms with Gasteiger partial charge in [-0.3, -0.25) is 4.79 Å². The lowest BCUT2D eigenvalue weighted by Gasteiger charge is -2.13. The highest BCUT2D eigenvalue weighted by Crippen LogP contribution is 2.28. The minimum absolute atomic E-state index is 0.143. The van der Waals surface area contributed by atoms with Gasteiger partial charge >= 0.3 is 0 Å². The van der Waals surface area contributed by atoms with Gasteiger partial charge in [0.25, 0.3) is 5.24 Å². The van der Waals surface area contributed by atoms with E-state index in [-0.39, 0.29) is 10.5 Å². The van der Waals surface area contributed by atoms with E-state index in [0.29, 0.717) is 12.0 Å². The Kier molecular flexibility index (Phi) is 4.93. The molecule has 0 N–H and O–H groups in total. The average molecular weight is 301 g/mol. The van der Waals surface area contributed by atoms with Crippen molar-refractivity contribution in [2.45, 2.75) is 32.1 Å². The van der Waals surface area contributed by atoms with Gasteiger partial charge in [0.05, 0.1) is 4.90 Å². The van der Waals surface area contributed by atoms with E-state index in [2.05, 4.69) is 0 Å². The van der Waals surface area contributed by atoms with Crippen LogP contribution in [0.1, 0.15) is 42.3 Å². The third-order valence-electron chi connectivity index (χ3n) is 3.06. The predicted molar refractivity (Wildman–Crippen MR) is 78.4 cm³/mol. The Labute approximate surface area is 119 Å². The number of aryl methyl sites for hydroxylation is 1. The molecule has 0 saturated heterocycles. The van der Waals surface area contributed by atoms with E-state index < -0.39 is 15.1 Å². The second-order valence-corrected chi connectivity index (χ2v) is 6.70. The van der Waals surface area contributed by atoms with E-state index in [0.717, 1.165) is 17.4 Å². The van der Waals surface area contributed by atoms with Crippen molar-refractivity contribution in [2.75, 3.05) is 6.26 Å². The van der Waals surface area contributed by atoms with Crippen LogP contribution in [-0.4, -0.2) is 19.9 Å². The van der Waals surface area contributed by atoms with Crippen LogP contribution < -0.4 is 0 Å². The zero-order chi connectivity index (χ0) is 14.8. The van der Waals surface area contributed by atoms with Crippen molar-refractivity contribution in [1.82, 2.24) is 0 Å². The van der Waals surface area contributed by atoms with Crippen molar-refractivity contribution in [3.8, 4) is 0 Å². The molecule has 0 spiro atoms. The fraction of sp³-hybridized carbons (Fsp3) is 0.357. The summed E-state index contributed by atoms with van der Waals surface area (Å²) in [5.74, 6) is 0. The first kappa shape index (κ1) is 15.9. The Morgan fingerprint density at radius 1 is 1.32 bits per heavy atom. The first-order chi connectivity index (χ1) is 8.72. The highest BCUT2D eigenvalue weighted by molar-refractivity contribution is 7.90. The fourth-order valence-corrected chi connectivity index (χ4v) is 3.00. The third kappa shape index (κ3) is 3.45. The van der Waals surface area contributed by atoms with Crippen molar-refractivity contribution < 1.29 is 13.2 Å². The standard InChI is InChI=1S/C14H17ClO3S/c1-5-9(3)11-7-10(6-2)12(14(15)16)8-13(11)19(4,17)18/h5,7-8H,6H2,1-4H3. The van der Waals surface area contributed by atoms with Gasteiger partial charge in [-0.25, -0.2) is 8.42 Å². The Morgan fingerprint density at radius 2 is 1.89 bits per heavy atom. The molecule has 0 aliphatic heterocycles. The number of hydrogen-bond acceptors (Lipinski definition) is 3. The van der Waals surface area contributed by atoms with E-state index in [9.17, 15) is 13.2 Å². The molecule has 0 unspecified atom stereocenters. The lowest BCUT2D eigenvalue weighted by molar-refractivity contribution is 0.108. The van der Waals surface area contributed by atoms with Crippen LogP contribution in [0.15, 0.2) is 23.1 Å². The maximum atomic E-state index is 11.9. The van der Waals surface area contributed by atoms with Crippen molar-refractivity contribution in [3.05, 3.63) is 34.9 Å². The minimum atomic E-state index is -3.42. The molecule has 5 heteroatoms. The maximum absolute atomic E-state index is 11.9. The normalized spacial score (nSPS) is 12.6. The van der Waals surface area contributed by atoms with Crippen molar-refractivity contribution in [3.63, 3.8) is 0 Å². The quantitative estimate of drug-likeness (QED) is 0.800. The van der Waals surface area contributed by atoms with E-state index in [1.165, 1.54) is 6.07 Å². The van der Waals surface area contributed by atoms with Gasteiger partial charge in [0.2, 0.25) is 0 Å². The summed E-state index contributed by atoms with van der Waals surface area (Å²) in [6.07, 6.45) is 3.58. The van der Waals surface area contributed by atoms with E-state index >= 15 is 0 Å². The van der Waals surface area contributed by atoms with E-state index in [4.69, 9.17) is 11.6 Å². The Morgan fingerprint density at radius 3 is 2.26 bits per heavy atom. The number of hydrogen-bond donors (Lipinski definition) is 0. The predicted octanol–water partition coefficient (Wildman–Crippen LogP) is 3.45. The second-order valence-electron chi connectivity index (χ2n) is 4.38. The molecule has 0 saturated carbocycles. The van der Waals surface area contributed by atoms with Gasteiger partial charge in [0.15, 0.2) is 9.84 Å². The van der Waals surface area contributed by atoms with Crippen LogP contribution in [-0.2, 0) is 16.3 Å². The number of carbonyl (C=O) groups excluding carboxylic acids is 1. The monoisotopic (exact) mass is 300 g/mol. The number of carbonyl (C=O) groups is 1. The topological polar surface area (TPSA) is 51.2 Å². The van der Waals surface area contributed by atoms with Crippen molar-refractivity contribution >= 4 is 32.3 Å². The van der Waals surface area contributed by atoms with Crippen LogP contribution in [0.4, 0.5) is 0 Å². The third-order valence-corrected chi connectivity index (χ3v) is 4.40. The maximum Gasteiger partial charge on any atom is 0.252 e. The number of allylic oxidation sites excluding steroid dienone is 2. The summed E-state index contributed by atoms with van der Waals surface area (Å²) in [6.45, 7) is 5.58. The van der Waals surface area contributed by atoms with Crippen LogP contribution in [0.25, 0.3) is 5.57 Å². The van der Waals surface area contributed by atoms with Gasteiger partial charge in [-0.15, -0.1) is 0 Å². The summed E-state index contributed by atoms with van der Waals surface area (Å²) in [5.41, 5.74) is 2.49. The first-order valence-corrected chi connectivity index (χ1v) is 8.19. The first-order valence-electron chi connectivity index (χ1n) is 5.92. The van der Waals surface area contributed by atoms with Gasteiger partial charge < -0.3 is 0 Å². The largest absolute Gasteiger partial charge is 0.276 e. The molecule has 0 fully saturated rings. The van der Waals surface area contributed by atoms with E-state index in [1.54, 1.807) is 6.07 Å². The minimum Gasteiger partial charge on any atom is -0.276 e. The molecular formula is C14H17ClO3S. The second kappa shape index (κ2) is 5.88. The Balaban J connectivity index is 3.78. The molecule has 3 nitrogen and oxygen atoms in total. The Hall–Kier alpha value is -1.13. The van der Waals surface area contributed by atoms with Crippen molar-refractivity contribution in [1.29, 1.82) is 0 Å². The Bertz CT molecular complexity index is 643. The molecule has 1 aromatic rings. The molecule has 0 aliphatic carbocycles. The number of halogens is 1. The van der Waals surface area contributed by atoms with Gasteiger partial charge in [0.1, 0.15) is 0 Å². The summed E-state index contributed by atoms with van der Waals surface area (Å²) < 4.78 is 23.7. The molecule has 19 heavy (non-hydrogen) atoms. The average Bonchev–Trinajstić information content (AvgIpc) is 2.34. The zero-order valence-electron chi connectivity index (χ0n) is 11.5. The number of sulfone groups is 1. The molecule has 1 aromatic carbocycles. The van der Waals surface area contributed by atoms with Gasteiger partial charge in [-0.05, 0) is 60.7 Å². The van der Waals surface area contributed by atoms with Crippen LogP contribution in [0.3, 0.4) is 0 Å². The summed E-state index contributed by atoms with van der Waals surface area (Å²) >= 11 is 5.53. The van der Waals surface area contributed by atoms with Crippen LogP contribution in [0.2, 0.25) is 0 Å². The van der Waals surface area contributed by atoms with Crippen LogP contribution >= 0.6 is 11.6 Å². The summed E-state index contributed by atoms with van der Waals surface area (Å²) in [4.78, 5) is 11.6. The molecule has 0 amide bonds. The SMILES string of the molecule is CC=C(C)c1cc(CC)c(C(=O)Cl)cc1S(C)(=O)=O. The smallest absolute Gasteiger partial charge is 0.252 e. The lowest BCUT2D eigenvalue weighted by atomic mass is 9.98. The molecule has 0 bridgehead atoms. The van der Waals surface area contributed by atoms with Crippen LogP contribution in [0.5, 0.6) is 0 Å².